The quantitative estimate of drug-likeness (QED) is 0.702. The first-order chi connectivity index (χ1) is 11.7. The van der Waals surface area contributed by atoms with E-state index in [0.717, 1.165) is 13.0 Å². The van der Waals surface area contributed by atoms with Crippen molar-refractivity contribution in [3.8, 4) is 0 Å². The Balaban J connectivity index is 1.72. The van der Waals surface area contributed by atoms with Gasteiger partial charge < -0.3 is 10.6 Å². The zero-order valence-electron chi connectivity index (χ0n) is 15.2. The number of nitrogens with zero attached hydrogens (tertiary/aromatic N) is 1. The van der Waals surface area contributed by atoms with Gasteiger partial charge in [-0.25, -0.2) is 8.42 Å². The van der Waals surface area contributed by atoms with Gasteiger partial charge in [-0.1, -0.05) is 6.07 Å². The van der Waals surface area contributed by atoms with Crippen LogP contribution in [0.15, 0.2) is 21.7 Å². The molecule has 8 heteroatoms. The van der Waals surface area contributed by atoms with E-state index in [9.17, 15) is 13.2 Å². The number of carbonyl (C=O) groups excluding carboxylic acids is 1. The topological polar surface area (TPSA) is 78.5 Å². The highest BCUT2D eigenvalue weighted by molar-refractivity contribution is 7.91. The summed E-state index contributed by atoms with van der Waals surface area (Å²) in [5.41, 5.74) is 0.0882. The molecule has 0 aliphatic carbocycles. The van der Waals surface area contributed by atoms with Crippen molar-refractivity contribution in [3.05, 3.63) is 17.5 Å². The molecule has 0 spiro atoms. The Morgan fingerprint density at radius 2 is 1.96 bits per heavy atom. The molecule has 0 saturated carbocycles. The highest BCUT2D eigenvalue weighted by atomic mass is 32.2. The molecule has 2 heterocycles. The van der Waals surface area contributed by atoms with Crippen molar-refractivity contribution in [1.82, 2.24) is 14.9 Å². The van der Waals surface area contributed by atoms with E-state index in [1.165, 1.54) is 15.6 Å². The third kappa shape index (κ3) is 6.06. The second-order valence-corrected chi connectivity index (χ2v) is 10.5. The number of carbonyl (C=O) groups is 1. The number of rotatable bonds is 7. The average molecular weight is 388 g/mol. The van der Waals surface area contributed by atoms with Crippen molar-refractivity contribution in [2.24, 2.45) is 5.92 Å². The Hall–Kier alpha value is -0.960. The maximum atomic E-state index is 12.5. The van der Waals surface area contributed by atoms with Crippen LogP contribution in [0.3, 0.4) is 0 Å². The molecule has 0 bridgehead atoms. The maximum absolute atomic E-state index is 12.5. The summed E-state index contributed by atoms with van der Waals surface area (Å²) < 4.78 is 26.8. The number of thiophene rings is 1. The number of nitrogens with one attached hydrogen (secondary N) is 2. The predicted octanol–water partition coefficient (Wildman–Crippen LogP) is 2.04. The summed E-state index contributed by atoms with van der Waals surface area (Å²) in [5.74, 6) is -0.0470. The summed E-state index contributed by atoms with van der Waals surface area (Å²) in [7, 11) is -3.39. The molecule has 1 amide bonds. The first kappa shape index (κ1) is 20.4. The SMILES string of the molecule is CC(C)(C)NCCCNC(=O)C1CCN(S(=O)(=O)c2cccs2)CC1. The number of hydrogen-bond acceptors (Lipinski definition) is 5. The van der Waals surface area contributed by atoms with E-state index in [1.54, 1.807) is 17.5 Å². The monoisotopic (exact) mass is 387 g/mol. The molecule has 1 saturated heterocycles. The summed E-state index contributed by atoms with van der Waals surface area (Å²) in [4.78, 5) is 12.2. The third-order valence-corrected chi connectivity index (χ3v) is 7.49. The lowest BCUT2D eigenvalue weighted by Gasteiger charge is -2.30. The van der Waals surface area contributed by atoms with E-state index in [2.05, 4.69) is 31.4 Å². The zero-order chi connectivity index (χ0) is 18.5. The Morgan fingerprint density at radius 3 is 2.52 bits per heavy atom. The van der Waals surface area contributed by atoms with Gasteiger partial charge in [0, 0.05) is 31.1 Å². The van der Waals surface area contributed by atoms with Gasteiger partial charge in [0.2, 0.25) is 5.91 Å². The van der Waals surface area contributed by atoms with E-state index in [0.29, 0.717) is 36.7 Å². The Bertz CT molecular complexity index is 643. The predicted molar refractivity (Wildman–Crippen MR) is 101 cm³/mol. The Kier molecular flexibility index (Phi) is 7.01. The van der Waals surface area contributed by atoms with Crippen LogP contribution >= 0.6 is 11.3 Å². The molecule has 6 nitrogen and oxygen atoms in total. The van der Waals surface area contributed by atoms with Crippen molar-refractivity contribution in [3.63, 3.8) is 0 Å². The first-order valence-corrected chi connectivity index (χ1v) is 11.1. The zero-order valence-corrected chi connectivity index (χ0v) is 16.9. The molecule has 0 unspecified atom stereocenters. The summed E-state index contributed by atoms with van der Waals surface area (Å²) in [6.45, 7) is 8.67. The Labute approximate surface area is 155 Å². The highest BCUT2D eigenvalue weighted by Crippen LogP contribution is 2.26. The van der Waals surface area contributed by atoms with E-state index < -0.39 is 10.0 Å². The van der Waals surface area contributed by atoms with Gasteiger partial charge in [0.25, 0.3) is 10.0 Å². The fourth-order valence-electron chi connectivity index (χ4n) is 2.80. The van der Waals surface area contributed by atoms with Crippen molar-refractivity contribution in [2.75, 3.05) is 26.2 Å². The molecule has 1 fully saturated rings. The fourth-order valence-corrected chi connectivity index (χ4v) is 5.42. The normalized spacial score (nSPS) is 17.6. The molecule has 0 atom stereocenters. The molecular weight excluding hydrogens is 358 g/mol. The second-order valence-electron chi connectivity index (χ2n) is 7.43. The van der Waals surface area contributed by atoms with Crippen molar-refractivity contribution in [1.29, 1.82) is 0 Å². The molecule has 1 aliphatic rings. The van der Waals surface area contributed by atoms with Gasteiger partial charge in [-0.15, -0.1) is 11.3 Å². The minimum atomic E-state index is -3.39. The van der Waals surface area contributed by atoms with E-state index in [-0.39, 0.29) is 17.4 Å². The van der Waals surface area contributed by atoms with Gasteiger partial charge >= 0.3 is 0 Å². The van der Waals surface area contributed by atoms with Crippen LogP contribution < -0.4 is 10.6 Å². The van der Waals surface area contributed by atoms with Gasteiger partial charge in [0.1, 0.15) is 4.21 Å². The summed E-state index contributed by atoms with van der Waals surface area (Å²) in [5, 5.41) is 8.13. The van der Waals surface area contributed by atoms with Gasteiger partial charge in [-0.2, -0.15) is 4.31 Å². The summed E-state index contributed by atoms with van der Waals surface area (Å²) >= 11 is 1.23. The molecule has 1 aromatic heterocycles. The van der Waals surface area contributed by atoms with Crippen LogP contribution in [0, 0.1) is 5.92 Å². The number of piperidine rings is 1. The summed E-state index contributed by atoms with van der Waals surface area (Å²) in [6.07, 6.45) is 2.04. The molecular formula is C17H29N3O3S2. The molecule has 1 aromatic rings. The standard InChI is InChI=1S/C17H29N3O3S2/c1-17(2,3)19-10-5-9-18-16(21)14-7-11-20(12-8-14)25(22,23)15-6-4-13-24-15/h4,6,13-14,19H,5,7-12H2,1-3H3,(H,18,21). The highest BCUT2D eigenvalue weighted by Gasteiger charge is 2.32. The number of hydrogen-bond donors (Lipinski definition) is 2. The lowest BCUT2D eigenvalue weighted by Crippen LogP contribution is -2.43. The molecule has 1 aliphatic heterocycles. The summed E-state index contributed by atoms with van der Waals surface area (Å²) in [6, 6.07) is 3.37. The second kappa shape index (κ2) is 8.62. The van der Waals surface area contributed by atoms with Crippen LogP contribution in [-0.4, -0.2) is 50.3 Å². The number of sulfonamides is 1. The lowest BCUT2D eigenvalue weighted by atomic mass is 9.97. The minimum Gasteiger partial charge on any atom is -0.356 e. The molecule has 142 valence electrons. The maximum Gasteiger partial charge on any atom is 0.252 e. The largest absolute Gasteiger partial charge is 0.356 e. The lowest BCUT2D eigenvalue weighted by molar-refractivity contribution is -0.126. The van der Waals surface area contributed by atoms with Crippen LogP contribution in [0.4, 0.5) is 0 Å². The van der Waals surface area contributed by atoms with Crippen LogP contribution in [0.2, 0.25) is 0 Å². The van der Waals surface area contributed by atoms with Gasteiger partial charge in [0.05, 0.1) is 0 Å². The van der Waals surface area contributed by atoms with Crippen LogP contribution in [0.5, 0.6) is 0 Å². The average Bonchev–Trinajstić information content (AvgIpc) is 3.08. The first-order valence-electron chi connectivity index (χ1n) is 8.76. The number of amides is 1. The van der Waals surface area contributed by atoms with E-state index in [1.807, 2.05) is 0 Å². The van der Waals surface area contributed by atoms with E-state index >= 15 is 0 Å². The van der Waals surface area contributed by atoms with Gasteiger partial charge in [0.15, 0.2) is 0 Å². The van der Waals surface area contributed by atoms with Crippen molar-refractivity contribution >= 4 is 27.3 Å². The smallest absolute Gasteiger partial charge is 0.252 e. The molecule has 2 rings (SSSR count). The molecule has 25 heavy (non-hydrogen) atoms. The van der Waals surface area contributed by atoms with Crippen LogP contribution in [0.25, 0.3) is 0 Å². The van der Waals surface area contributed by atoms with Crippen LogP contribution in [0.1, 0.15) is 40.0 Å². The molecule has 0 radical (unpaired) electrons. The third-order valence-electron chi connectivity index (χ3n) is 4.22. The van der Waals surface area contributed by atoms with Gasteiger partial charge in [-0.05, 0) is 58.0 Å². The Morgan fingerprint density at radius 1 is 1.28 bits per heavy atom. The van der Waals surface area contributed by atoms with E-state index in [4.69, 9.17) is 0 Å². The fraction of sp³-hybridized carbons (Fsp3) is 0.706. The van der Waals surface area contributed by atoms with Gasteiger partial charge in [-0.3, -0.25) is 4.79 Å². The minimum absolute atomic E-state index is 0.0453. The van der Waals surface area contributed by atoms with Crippen molar-refractivity contribution < 1.29 is 13.2 Å². The molecule has 2 N–H and O–H groups in total. The van der Waals surface area contributed by atoms with Crippen molar-refractivity contribution in [2.45, 2.75) is 49.8 Å². The molecule has 0 aromatic carbocycles. The van der Waals surface area contributed by atoms with Crippen LogP contribution in [-0.2, 0) is 14.8 Å².